The zero-order valence-electron chi connectivity index (χ0n) is 10.7. The molecule has 3 rings (SSSR count). The summed E-state index contributed by atoms with van der Waals surface area (Å²) in [6.45, 7) is 11.9. The van der Waals surface area contributed by atoms with E-state index in [0.29, 0.717) is 15.7 Å². The molecule has 5 unspecified atom stereocenters. The summed E-state index contributed by atoms with van der Waals surface area (Å²) in [7, 11) is 0. The number of alkyl halides is 1. The van der Waals surface area contributed by atoms with E-state index in [0.717, 1.165) is 17.8 Å². The molecule has 0 aromatic heterocycles. The fraction of sp³-hybridized carbons (Fsp3) is 0.867. The van der Waals surface area contributed by atoms with Crippen LogP contribution in [-0.2, 0) is 0 Å². The number of halogens is 1. The highest BCUT2D eigenvalue weighted by atomic mass is 79.9. The third-order valence-corrected chi connectivity index (χ3v) is 7.88. The Morgan fingerprint density at radius 2 is 1.88 bits per heavy atom. The van der Waals surface area contributed by atoms with Crippen molar-refractivity contribution in [3.05, 3.63) is 12.2 Å². The van der Waals surface area contributed by atoms with Crippen LogP contribution in [0.5, 0.6) is 0 Å². The highest BCUT2D eigenvalue weighted by Gasteiger charge is 2.63. The van der Waals surface area contributed by atoms with E-state index < -0.39 is 0 Å². The second-order valence-corrected chi connectivity index (χ2v) is 8.19. The Hall–Kier alpha value is 0.220. The molecule has 90 valence electrons. The van der Waals surface area contributed by atoms with E-state index in [1.807, 2.05) is 0 Å². The quantitative estimate of drug-likeness (QED) is 0.443. The van der Waals surface area contributed by atoms with Crippen molar-refractivity contribution >= 4 is 15.9 Å². The summed E-state index contributed by atoms with van der Waals surface area (Å²) in [4.78, 5) is 0.697. The van der Waals surface area contributed by atoms with E-state index >= 15 is 0 Å². The Morgan fingerprint density at radius 3 is 2.56 bits per heavy atom. The maximum Gasteiger partial charge on any atom is 0.0200 e. The molecule has 0 aliphatic heterocycles. The van der Waals surface area contributed by atoms with Gasteiger partial charge in [0.2, 0.25) is 0 Å². The standard InChI is InChI=1S/C15H23Br/c1-9-10-5-6-11-13(10)14(2,3)12(16)7-8-15(9,11)4/h10-13H,1,5-8H2,2-4H3. The molecule has 0 radical (unpaired) electrons. The zero-order valence-corrected chi connectivity index (χ0v) is 12.3. The van der Waals surface area contributed by atoms with Gasteiger partial charge in [0.05, 0.1) is 0 Å². The van der Waals surface area contributed by atoms with Crippen LogP contribution in [0.4, 0.5) is 0 Å². The van der Waals surface area contributed by atoms with Crippen LogP contribution >= 0.6 is 15.9 Å². The third kappa shape index (κ3) is 1.11. The molecule has 0 amide bonds. The maximum atomic E-state index is 4.47. The summed E-state index contributed by atoms with van der Waals surface area (Å²) in [6, 6.07) is 0. The van der Waals surface area contributed by atoms with Crippen LogP contribution in [0.25, 0.3) is 0 Å². The Balaban J connectivity index is 2.11. The van der Waals surface area contributed by atoms with Gasteiger partial charge in [0.15, 0.2) is 0 Å². The lowest BCUT2D eigenvalue weighted by Gasteiger charge is -2.38. The molecule has 3 aliphatic carbocycles. The third-order valence-electron chi connectivity index (χ3n) is 6.24. The van der Waals surface area contributed by atoms with Crippen LogP contribution in [0.3, 0.4) is 0 Å². The largest absolute Gasteiger partial charge is 0.0990 e. The normalized spacial score (nSPS) is 54.1. The summed E-state index contributed by atoms with van der Waals surface area (Å²) in [6.07, 6.45) is 5.53. The van der Waals surface area contributed by atoms with Gasteiger partial charge in [-0.05, 0) is 54.3 Å². The molecule has 3 fully saturated rings. The van der Waals surface area contributed by atoms with Crippen molar-refractivity contribution in [2.75, 3.05) is 0 Å². The van der Waals surface area contributed by atoms with Crippen LogP contribution < -0.4 is 0 Å². The smallest absolute Gasteiger partial charge is 0.0200 e. The van der Waals surface area contributed by atoms with E-state index in [2.05, 4.69) is 43.3 Å². The van der Waals surface area contributed by atoms with E-state index in [4.69, 9.17) is 0 Å². The first-order chi connectivity index (χ1) is 7.39. The monoisotopic (exact) mass is 282 g/mol. The van der Waals surface area contributed by atoms with Crippen molar-refractivity contribution < 1.29 is 0 Å². The molecule has 1 heteroatoms. The summed E-state index contributed by atoms with van der Waals surface area (Å²) >= 11 is 3.96. The van der Waals surface area contributed by atoms with Crippen LogP contribution in [0.15, 0.2) is 12.2 Å². The molecule has 0 N–H and O–H groups in total. The minimum atomic E-state index is 0.447. The first kappa shape index (κ1) is 11.3. The molecular weight excluding hydrogens is 260 g/mol. The van der Waals surface area contributed by atoms with Crippen LogP contribution in [0.1, 0.15) is 46.5 Å². The first-order valence-corrected chi connectivity index (χ1v) is 7.64. The van der Waals surface area contributed by atoms with Crippen molar-refractivity contribution in [3.63, 3.8) is 0 Å². The molecule has 16 heavy (non-hydrogen) atoms. The average Bonchev–Trinajstić information content (AvgIpc) is 2.72. The van der Waals surface area contributed by atoms with Gasteiger partial charge in [0.25, 0.3) is 0 Å². The van der Waals surface area contributed by atoms with Crippen molar-refractivity contribution in [1.29, 1.82) is 0 Å². The molecule has 0 saturated heterocycles. The number of hydrogen-bond acceptors (Lipinski definition) is 0. The lowest BCUT2D eigenvalue weighted by atomic mass is 9.69. The fourth-order valence-electron chi connectivity index (χ4n) is 5.16. The Bertz CT molecular complexity index is 343. The lowest BCUT2D eigenvalue weighted by molar-refractivity contribution is 0.148. The summed E-state index contributed by atoms with van der Waals surface area (Å²) in [5, 5.41) is 0. The molecule has 0 heterocycles. The second-order valence-electron chi connectivity index (χ2n) is 7.09. The van der Waals surface area contributed by atoms with Gasteiger partial charge in [-0.3, -0.25) is 0 Å². The highest BCUT2D eigenvalue weighted by molar-refractivity contribution is 9.09. The van der Waals surface area contributed by atoms with E-state index in [-0.39, 0.29) is 0 Å². The van der Waals surface area contributed by atoms with Crippen LogP contribution in [0.2, 0.25) is 0 Å². The topological polar surface area (TPSA) is 0 Å². The molecule has 0 aromatic carbocycles. The van der Waals surface area contributed by atoms with Gasteiger partial charge in [0, 0.05) is 4.83 Å². The molecule has 4 bridgehead atoms. The van der Waals surface area contributed by atoms with Gasteiger partial charge in [-0.1, -0.05) is 48.9 Å². The van der Waals surface area contributed by atoms with Crippen molar-refractivity contribution in [2.24, 2.45) is 28.6 Å². The molecule has 0 nitrogen and oxygen atoms in total. The zero-order chi connectivity index (χ0) is 11.7. The predicted octanol–water partition coefficient (Wildman–Crippen LogP) is 4.79. The molecule has 3 saturated carbocycles. The second kappa shape index (κ2) is 3.16. The molecule has 3 aliphatic rings. The first-order valence-electron chi connectivity index (χ1n) is 6.72. The summed E-state index contributed by atoms with van der Waals surface area (Å²) < 4.78 is 0. The molecule has 0 aromatic rings. The SMILES string of the molecule is C=C1C2CCC3C2C(C)(C)C(Br)CCC13C. The van der Waals surface area contributed by atoms with Gasteiger partial charge in [-0.25, -0.2) is 0 Å². The average molecular weight is 283 g/mol. The Morgan fingerprint density at radius 1 is 1.19 bits per heavy atom. The minimum Gasteiger partial charge on any atom is -0.0990 e. The minimum absolute atomic E-state index is 0.447. The Labute approximate surface area is 108 Å². The van der Waals surface area contributed by atoms with Crippen molar-refractivity contribution in [1.82, 2.24) is 0 Å². The van der Waals surface area contributed by atoms with Crippen LogP contribution in [-0.4, -0.2) is 4.83 Å². The highest BCUT2D eigenvalue weighted by Crippen LogP contribution is 2.70. The molecule has 5 atom stereocenters. The van der Waals surface area contributed by atoms with Gasteiger partial charge < -0.3 is 0 Å². The van der Waals surface area contributed by atoms with Gasteiger partial charge in [-0.15, -0.1) is 0 Å². The number of hydrogen-bond donors (Lipinski definition) is 0. The predicted molar refractivity (Wildman–Crippen MR) is 72.7 cm³/mol. The fourth-order valence-corrected chi connectivity index (χ4v) is 5.69. The Kier molecular flexibility index (Phi) is 2.23. The van der Waals surface area contributed by atoms with Gasteiger partial charge in [0.1, 0.15) is 0 Å². The van der Waals surface area contributed by atoms with Crippen molar-refractivity contribution in [3.8, 4) is 0 Å². The van der Waals surface area contributed by atoms with E-state index in [1.165, 1.54) is 25.7 Å². The summed E-state index contributed by atoms with van der Waals surface area (Å²) in [5.41, 5.74) is 2.51. The number of rotatable bonds is 0. The van der Waals surface area contributed by atoms with Gasteiger partial charge in [-0.2, -0.15) is 0 Å². The molecular formula is C15H23Br. The summed E-state index contributed by atoms with van der Waals surface area (Å²) in [5.74, 6) is 2.63. The lowest BCUT2D eigenvalue weighted by Crippen LogP contribution is -2.35. The van der Waals surface area contributed by atoms with Crippen molar-refractivity contribution in [2.45, 2.75) is 51.3 Å². The van der Waals surface area contributed by atoms with Gasteiger partial charge >= 0.3 is 0 Å². The number of allylic oxidation sites excluding steroid dienone is 1. The van der Waals surface area contributed by atoms with E-state index in [1.54, 1.807) is 5.57 Å². The van der Waals surface area contributed by atoms with Crippen LogP contribution in [0, 0.1) is 28.6 Å². The maximum absolute atomic E-state index is 4.47. The van der Waals surface area contributed by atoms with E-state index in [9.17, 15) is 0 Å². The molecule has 0 spiro atoms.